The number of aliphatic hydroxyl groups is 3. The molecule has 0 saturated carbocycles. The third-order valence-corrected chi connectivity index (χ3v) is 12.1. The van der Waals surface area contributed by atoms with Gasteiger partial charge in [-0.2, -0.15) is 0 Å². The van der Waals surface area contributed by atoms with Crippen molar-refractivity contribution in [2.45, 2.75) is 244 Å². The first-order valence-electron chi connectivity index (χ1n) is 27.3. The van der Waals surface area contributed by atoms with Crippen LogP contribution in [0.25, 0.3) is 0 Å². The summed E-state index contributed by atoms with van der Waals surface area (Å²) in [5.74, 6) is 0. The molecule has 3 heteroatoms. The van der Waals surface area contributed by atoms with Crippen LogP contribution in [0.1, 0.15) is 233 Å². The maximum atomic E-state index is 12.1. The van der Waals surface area contributed by atoms with Crippen molar-refractivity contribution in [3.8, 4) is 0 Å². The topological polar surface area (TPSA) is 60.7 Å². The van der Waals surface area contributed by atoms with E-state index in [1.165, 1.54) is 77.0 Å². The van der Waals surface area contributed by atoms with Gasteiger partial charge in [0.1, 0.15) is 5.60 Å². The molecule has 66 heavy (non-hydrogen) atoms. The molecule has 0 spiro atoms. The summed E-state index contributed by atoms with van der Waals surface area (Å²) in [6.45, 7) is 6.32. The van der Waals surface area contributed by atoms with Gasteiger partial charge >= 0.3 is 0 Å². The Morgan fingerprint density at radius 2 is 0.424 bits per heavy atom. The van der Waals surface area contributed by atoms with Crippen molar-refractivity contribution in [1.82, 2.24) is 0 Å². The normalized spacial score (nSPS) is 14.5. The van der Waals surface area contributed by atoms with Crippen molar-refractivity contribution >= 4 is 0 Å². The predicted molar refractivity (Wildman–Crippen MR) is 296 cm³/mol. The van der Waals surface area contributed by atoms with Crippen LogP contribution in [0.5, 0.6) is 0 Å². The third-order valence-electron chi connectivity index (χ3n) is 12.1. The Morgan fingerprint density at radius 3 is 0.621 bits per heavy atom. The van der Waals surface area contributed by atoms with E-state index < -0.39 is 17.8 Å². The minimum Gasteiger partial charge on any atom is -0.393 e. The van der Waals surface area contributed by atoms with Crippen LogP contribution in [-0.4, -0.2) is 33.1 Å². The molecule has 0 aromatic rings. The molecule has 0 aliphatic heterocycles. The van der Waals surface area contributed by atoms with E-state index in [2.05, 4.69) is 167 Å². The molecule has 1 unspecified atom stereocenters. The Labute approximate surface area is 409 Å². The van der Waals surface area contributed by atoms with E-state index in [9.17, 15) is 15.3 Å². The fraction of sp³-hybridized carbons (Fsp3) is 0.619. The minimum absolute atomic E-state index is 0.405. The summed E-state index contributed by atoms with van der Waals surface area (Å²) in [6, 6.07) is 0. The Bertz CT molecular complexity index is 1330. The molecule has 0 aromatic carbocycles. The van der Waals surface area contributed by atoms with E-state index in [-0.39, 0.29) is 0 Å². The van der Waals surface area contributed by atoms with Gasteiger partial charge in [-0.3, -0.25) is 0 Å². The monoisotopic (exact) mass is 909 g/mol. The van der Waals surface area contributed by atoms with Crippen LogP contribution in [0.4, 0.5) is 0 Å². The Balaban J connectivity index is 4.89. The standard InChI is InChI=1S/C63H104O3/c1-4-7-10-13-16-19-22-25-28-31-34-37-40-43-46-49-52-55-58-62(65,59-56-53-50-47-44-41-38-35-32-29-26-23-20-17-14-11-8-5-2)63(66,61-64)60-57-54-51-48-45-42-39-36-33-30-27-24-21-18-15-12-9-6-3/h16-21,25-30,34-39,43-48,64-66H,4-15,22-24,31-33,40-42,49-61H2,1-3H3/b19-16-,20-17-,21-18-,28-25-,29-26-,30-27-,37-34-,38-35-,39-36-,46-43-,47-44-,48-45-. The fourth-order valence-corrected chi connectivity index (χ4v) is 7.77. The van der Waals surface area contributed by atoms with E-state index in [0.717, 1.165) is 116 Å². The molecule has 3 N–H and O–H groups in total. The van der Waals surface area contributed by atoms with Gasteiger partial charge in [0.25, 0.3) is 0 Å². The number of hydrogen-bond donors (Lipinski definition) is 3. The predicted octanol–water partition coefficient (Wildman–Crippen LogP) is 19.0. The zero-order valence-corrected chi connectivity index (χ0v) is 43.2. The highest BCUT2D eigenvalue weighted by atomic mass is 16.4. The van der Waals surface area contributed by atoms with Gasteiger partial charge in [0.2, 0.25) is 0 Å². The van der Waals surface area contributed by atoms with Crippen LogP contribution in [0.3, 0.4) is 0 Å². The van der Waals surface area contributed by atoms with Gasteiger partial charge in [-0.15, -0.1) is 0 Å². The van der Waals surface area contributed by atoms with Crippen LogP contribution < -0.4 is 0 Å². The van der Waals surface area contributed by atoms with Crippen LogP contribution >= 0.6 is 0 Å². The highest BCUT2D eigenvalue weighted by molar-refractivity contribution is 5.03. The molecule has 1 atom stereocenters. The minimum atomic E-state index is -1.50. The summed E-state index contributed by atoms with van der Waals surface area (Å²) < 4.78 is 0. The largest absolute Gasteiger partial charge is 0.393 e. The lowest BCUT2D eigenvalue weighted by Gasteiger charge is -2.43. The van der Waals surface area contributed by atoms with E-state index >= 15 is 0 Å². The van der Waals surface area contributed by atoms with Gasteiger partial charge in [0, 0.05) is 0 Å². The summed E-state index contributed by atoms with van der Waals surface area (Å²) in [4.78, 5) is 0. The molecule has 0 aliphatic rings. The Morgan fingerprint density at radius 1 is 0.242 bits per heavy atom. The molecule has 0 rings (SSSR count). The number of aliphatic hydroxyl groups excluding tert-OH is 1. The first kappa shape index (κ1) is 62.8. The molecule has 374 valence electrons. The second-order valence-corrected chi connectivity index (χ2v) is 18.2. The highest BCUT2D eigenvalue weighted by Crippen LogP contribution is 2.37. The van der Waals surface area contributed by atoms with E-state index in [1.807, 2.05) is 0 Å². The molecular weight excluding hydrogens is 805 g/mol. The quantitative estimate of drug-likeness (QED) is 0.0421. The van der Waals surface area contributed by atoms with Crippen molar-refractivity contribution < 1.29 is 15.3 Å². The summed E-state index contributed by atoms with van der Waals surface area (Å²) in [5.41, 5.74) is -2.81. The Kier molecular flexibility index (Phi) is 48.6. The van der Waals surface area contributed by atoms with Gasteiger partial charge in [-0.1, -0.05) is 224 Å². The number of rotatable bonds is 47. The third kappa shape index (κ3) is 42.1. The lowest BCUT2D eigenvalue weighted by molar-refractivity contribution is -0.184. The molecule has 0 aliphatic carbocycles. The zero-order valence-electron chi connectivity index (χ0n) is 43.2. The summed E-state index contributed by atoms with van der Waals surface area (Å²) in [6.07, 6.45) is 87.4. The average molecular weight is 910 g/mol. The Hall–Kier alpha value is -3.24. The number of allylic oxidation sites excluding steroid dienone is 24. The molecule has 0 heterocycles. The van der Waals surface area contributed by atoms with Gasteiger partial charge < -0.3 is 15.3 Å². The van der Waals surface area contributed by atoms with Crippen LogP contribution in [0.15, 0.2) is 146 Å². The molecule has 0 radical (unpaired) electrons. The molecule has 0 amide bonds. The molecule has 0 aromatic heterocycles. The molecule has 3 nitrogen and oxygen atoms in total. The maximum absolute atomic E-state index is 12.1. The first-order chi connectivity index (χ1) is 32.5. The maximum Gasteiger partial charge on any atom is 0.116 e. The smallest absolute Gasteiger partial charge is 0.116 e. The number of hydrogen-bond acceptors (Lipinski definition) is 3. The lowest BCUT2D eigenvalue weighted by atomic mass is 9.73. The van der Waals surface area contributed by atoms with Gasteiger partial charge in [-0.25, -0.2) is 0 Å². The van der Waals surface area contributed by atoms with Crippen molar-refractivity contribution in [2.24, 2.45) is 0 Å². The first-order valence-corrected chi connectivity index (χ1v) is 27.3. The fourth-order valence-electron chi connectivity index (χ4n) is 7.77. The van der Waals surface area contributed by atoms with Crippen molar-refractivity contribution in [1.29, 1.82) is 0 Å². The average Bonchev–Trinajstić information content (AvgIpc) is 3.32. The van der Waals surface area contributed by atoms with Crippen LogP contribution in [-0.2, 0) is 0 Å². The molecular formula is C63H104O3. The van der Waals surface area contributed by atoms with Crippen molar-refractivity contribution in [3.63, 3.8) is 0 Å². The molecule has 0 saturated heterocycles. The highest BCUT2D eigenvalue weighted by Gasteiger charge is 2.47. The van der Waals surface area contributed by atoms with Crippen LogP contribution in [0.2, 0.25) is 0 Å². The van der Waals surface area contributed by atoms with E-state index in [4.69, 9.17) is 0 Å². The van der Waals surface area contributed by atoms with Gasteiger partial charge in [0.05, 0.1) is 12.2 Å². The summed E-state index contributed by atoms with van der Waals surface area (Å²) in [5, 5.41) is 34.6. The second kappa shape index (κ2) is 51.2. The second-order valence-electron chi connectivity index (χ2n) is 18.2. The van der Waals surface area contributed by atoms with Gasteiger partial charge in [0.15, 0.2) is 0 Å². The van der Waals surface area contributed by atoms with Crippen molar-refractivity contribution in [2.75, 3.05) is 6.61 Å². The van der Waals surface area contributed by atoms with E-state index in [1.54, 1.807) is 0 Å². The SMILES string of the molecule is CCCCC/C=C\C/C=C\C/C=C\C/C=C\CCCCC(O)(CO)C(O)(CCCC/C=C\C/C=C\C/C=C\C/C=C\CCCCC)CCCC/C=C\C/C=C\C/C=C\C/C=C\CCCCC. The lowest BCUT2D eigenvalue weighted by Crippen LogP contribution is -2.56. The summed E-state index contributed by atoms with van der Waals surface area (Å²) >= 11 is 0. The van der Waals surface area contributed by atoms with Gasteiger partial charge in [-0.05, 0) is 154 Å². The van der Waals surface area contributed by atoms with Crippen LogP contribution in [0, 0.1) is 0 Å². The molecule has 0 fully saturated rings. The van der Waals surface area contributed by atoms with Crippen molar-refractivity contribution in [3.05, 3.63) is 146 Å². The van der Waals surface area contributed by atoms with E-state index in [0.29, 0.717) is 19.3 Å². The zero-order chi connectivity index (χ0) is 48.0. The number of unbranched alkanes of at least 4 members (excludes halogenated alkanes) is 15. The molecule has 0 bridgehead atoms. The summed E-state index contributed by atoms with van der Waals surface area (Å²) in [7, 11) is 0.